The topological polar surface area (TPSA) is 43.6 Å². The van der Waals surface area contributed by atoms with Gasteiger partial charge in [-0.05, 0) is 77.9 Å². The Labute approximate surface area is 267 Å². The van der Waals surface area contributed by atoms with E-state index in [0.717, 1.165) is 71.4 Å². The minimum absolute atomic E-state index is 0.923. The van der Waals surface area contributed by atoms with Gasteiger partial charge in [0.2, 0.25) is 0 Å². The second kappa shape index (κ2) is 10.6. The van der Waals surface area contributed by atoms with Crippen LogP contribution in [-0.2, 0) is 0 Å². The minimum atomic E-state index is 0.923. The number of imidazole rings is 1. The zero-order valence-corrected chi connectivity index (χ0v) is 25.6. The fourth-order valence-corrected chi connectivity index (χ4v) is 7.81. The molecule has 0 unspecified atom stereocenters. The van der Waals surface area contributed by atoms with Crippen LogP contribution < -0.4 is 0 Å². The molecule has 0 bridgehead atoms. The molecule has 9 aromatic rings. The van der Waals surface area contributed by atoms with E-state index in [4.69, 9.17) is 15.0 Å². The zero-order valence-electron chi connectivity index (χ0n) is 24.0. The molecule has 0 spiro atoms. The average Bonchev–Trinajstić information content (AvgIpc) is 3.84. The third-order valence-electron chi connectivity index (χ3n) is 8.07. The molecule has 0 atom stereocenters. The number of para-hydroxylation sites is 5. The summed E-state index contributed by atoms with van der Waals surface area (Å²) in [5.41, 5.74) is 10.7. The van der Waals surface area contributed by atoms with Crippen LogP contribution in [-0.4, -0.2) is 19.5 Å². The van der Waals surface area contributed by atoms with Gasteiger partial charge in [-0.15, -0.1) is 22.7 Å². The van der Waals surface area contributed by atoms with Crippen LogP contribution in [0.15, 0.2) is 146 Å². The minimum Gasteiger partial charge on any atom is -0.292 e. The first-order chi connectivity index (χ1) is 22.3. The van der Waals surface area contributed by atoms with E-state index in [-0.39, 0.29) is 0 Å². The number of nitrogens with zero attached hydrogens (tertiary/aromatic N) is 4. The summed E-state index contributed by atoms with van der Waals surface area (Å²) in [4.78, 5) is 15.1. The molecule has 0 saturated heterocycles. The van der Waals surface area contributed by atoms with E-state index in [1.807, 2.05) is 24.3 Å². The average molecular weight is 613 g/mol. The van der Waals surface area contributed by atoms with Crippen molar-refractivity contribution in [3.05, 3.63) is 146 Å². The van der Waals surface area contributed by atoms with Crippen LogP contribution in [0, 0.1) is 0 Å². The highest BCUT2D eigenvalue weighted by Gasteiger charge is 2.16. The molecule has 6 aromatic carbocycles. The fraction of sp³-hybridized carbons (Fsp3) is 0. The second-order valence-electron chi connectivity index (χ2n) is 10.9. The largest absolute Gasteiger partial charge is 0.292 e. The van der Waals surface area contributed by atoms with E-state index in [0.29, 0.717) is 0 Å². The zero-order chi connectivity index (χ0) is 29.7. The Morgan fingerprint density at radius 2 is 0.911 bits per heavy atom. The third-order valence-corrected chi connectivity index (χ3v) is 10.2. The molecule has 0 aliphatic carbocycles. The lowest BCUT2D eigenvalue weighted by molar-refractivity contribution is 1.10. The summed E-state index contributed by atoms with van der Waals surface area (Å²) in [5, 5.41) is 2.02. The van der Waals surface area contributed by atoms with Gasteiger partial charge in [-0.25, -0.2) is 15.0 Å². The van der Waals surface area contributed by atoms with Crippen molar-refractivity contribution in [1.29, 1.82) is 0 Å². The lowest BCUT2D eigenvalue weighted by Crippen LogP contribution is -1.97. The summed E-state index contributed by atoms with van der Waals surface area (Å²) in [6.45, 7) is 0. The number of aromatic nitrogens is 4. The van der Waals surface area contributed by atoms with Gasteiger partial charge in [0.25, 0.3) is 0 Å². The summed E-state index contributed by atoms with van der Waals surface area (Å²) in [7, 11) is 0. The Kier molecular flexibility index (Phi) is 6.14. The first-order valence-corrected chi connectivity index (χ1v) is 16.4. The second-order valence-corrected chi connectivity index (χ2v) is 13.0. The summed E-state index contributed by atoms with van der Waals surface area (Å²) in [5.74, 6) is 0.923. The van der Waals surface area contributed by atoms with E-state index >= 15 is 0 Å². The molecule has 0 N–H and O–H groups in total. The van der Waals surface area contributed by atoms with Crippen LogP contribution in [0.25, 0.3) is 80.8 Å². The first-order valence-electron chi connectivity index (χ1n) is 14.8. The van der Waals surface area contributed by atoms with Crippen LogP contribution in [0.2, 0.25) is 0 Å². The molecule has 0 amide bonds. The van der Waals surface area contributed by atoms with Crippen LogP contribution in [0.3, 0.4) is 0 Å². The van der Waals surface area contributed by atoms with E-state index in [1.54, 1.807) is 22.7 Å². The van der Waals surface area contributed by atoms with E-state index in [2.05, 4.69) is 126 Å². The molecule has 3 heterocycles. The van der Waals surface area contributed by atoms with Crippen LogP contribution in [0.4, 0.5) is 0 Å². The van der Waals surface area contributed by atoms with Crippen molar-refractivity contribution in [2.75, 3.05) is 0 Å². The molecule has 0 saturated carbocycles. The monoisotopic (exact) mass is 612 g/mol. The maximum atomic E-state index is 5.06. The number of rotatable bonds is 5. The summed E-state index contributed by atoms with van der Waals surface area (Å²) in [6, 6.07) is 50.9. The Hall–Kier alpha value is -5.43. The van der Waals surface area contributed by atoms with Crippen molar-refractivity contribution in [3.8, 4) is 49.3 Å². The number of hydrogen-bond donors (Lipinski definition) is 0. The third kappa shape index (κ3) is 4.63. The standard InChI is InChI=1S/C39H24N4S2/c1-2-10-30(11-3-1)43-34-15-7-4-12-31(34)40-37(43)26-20-18-25(19-21-26)27-22-28(38-41-32-13-5-8-16-35(32)44-38)24-29(23-27)39-42-33-14-6-9-17-36(33)45-39/h1-24H. The molecule has 0 radical (unpaired) electrons. The molecule has 212 valence electrons. The summed E-state index contributed by atoms with van der Waals surface area (Å²) < 4.78 is 4.61. The SMILES string of the molecule is c1ccc(-n2c(-c3ccc(-c4cc(-c5nc6ccccc6s5)cc(-c5nc6ccccc6s5)c4)cc3)nc3ccccc32)cc1. The Balaban J connectivity index is 1.18. The molecule has 3 aromatic heterocycles. The first kappa shape index (κ1) is 26.0. The van der Waals surface area contributed by atoms with Crippen molar-refractivity contribution in [2.45, 2.75) is 0 Å². The van der Waals surface area contributed by atoms with Gasteiger partial charge in [0, 0.05) is 22.4 Å². The lowest BCUT2D eigenvalue weighted by Gasteiger charge is -2.11. The number of benzene rings is 6. The fourth-order valence-electron chi connectivity index (χ4n) is 5.90. The van der Waals surface area contributed by atoms with Gasteiger partial charge in [0.05, 0.1) is 31.5 Å². The molecule has 0 aliphatic heterocycles. The van der Waals surface area contributed by atoms with Crippen molar-refractivity contribution in [1.82, 2.24) is 19.5 Å². The van der Waals surface area contributed by atoms with Crippen molar-refractivity contribution in [2.24, 2.45) is 0 Å². The number of fused-ring (bicyclic) bond motifs is 3. The van der Waals surface area contributed by atoms with Gasteiger partial charge >= 0.3 is 0 Å². The summed E-state index contributed by atoms with van der Waals surface area (Å²) in [6.07, 6.45) is 0. The van der Waals surface area contributed by atoms with Gasteiger partial charge in [-0.3, -0.25) is 4.57 Å². The van der Waals surface area contributed by atoms with E-state index in [9.17, 15) is 0 Å². The van der Waals surface area contributed by atoms with Gasteiger partial charge in [-0.1, -0.05) is 78.9 Å². The molecular formula is C39H24N4S2. The Morgan fingerprint density at radius 1 is 0.400 bits per heavy atom. The highest BCUT2D eigenvalue weighted by molar-refractivity contribution is 7.22. The maximum Gasteiger partial charge on any atom is 0.145 e. The summed E-state index contributed by atoms with van der Waals surface area (Å²) >= 11 is 3.45. The molecule has 45 heavy (non-hydrogen) atoms. The van der Waals surface area contributed by atoms with Crippen LogP contribution in [0.5, 0.6) is 0 Å². The predicted octanol–water partition coefficient (Wildman–Crippen LogP) is 10.9. The molecule has 0 fully saturated rings. The molecular weight excluding hydrogens is 589 g/mol. The molecule has 9 rings (SSSR count). The van der Waals surface area contributed by atoms with Crippen molar-refractivity contribution in [3.63, 3.8) is 0 Å². The molecule has 6 heteroatoms. The number of hydrogen-bond acceptors (Lipinski definition) is 5. The quantitative estimate of drug-likeness (QED) is 0.194. The van der Waals surface area contributed by atoms with Gasteiger partial charge in [0.1, 0.15) is 15.8 Å². The van der Waals surface area contributed by atoms with Crippen molar-refractivity contribution < 1.29 is 0 Å². The van der Waals surface area contributed by atoms with Crippen LogP contribution in [0.1, 0.15) is 0 Å². The van der Waals surface area contributed by atoms with Crippen molar-refractivity contribution >= 4 is 54.1 Å². The Bertz CT molecular complexity index is 2330. The normalized spacial score (nSPS) is 11.6. The predicted molar refractivity (Wildman–Crippen MR) is 189 cm³/mol. The van der Waals surface area contributed by atoms with Gasteiger partial charge in [-0.2, -0.15) is 0 Å². The highest BCUT2D eigenvalue weighted by atomic mass is 32.1. The maximum absolute atomic E-state index is 5.06. The number of thiazole rings is 2. The van der Waals surface area contributed by atoms with Crippen LogP contribution >= 0.6 is 22.7 Å². The smallest absolute Gasteiger partial charge is 0.145 e. The van der Waals surface area contributed by atoms with E-state index < -0.39 is 0 Å². The molecule has 4 nitrogen and oxygen atoms in total. The van der Waals surface area contributed by atoms with Gasteiger partial charge < -0.3 is 0 Å². The highest BCUT2D eigenvalue weighted by Crippen LogP contribution is 2.39. The van der Waals surface area contributed by atoms with E-state index in [1.165, 1.54) is 9.40 Å². The molecule has 0 aliphatic rings. The van der Waals surface area contributed by atoms with Gasteiger partial charge in [0.15, 0.2) is 0 Å². The Morgan fingerprint density at radius 3 is 1.53 bits per heavy atom. The lowest BCUT2D eigenvalue weighted by atomic mass is 9.99.